The highest BCUT2D eigenvalue weighted by Crippen LogP contribution is 2.30. The minimum atomic E-state index is 0.451. The molecule has 0 saturated carbocycles. The van der Waals surface area contributed by atoms with Crippen LogP contribution in [0.25, 0.3) is 11.0 Å². The van der Waals surface area contributed by atoms with E-state index in [4.69, 9.17) is 16.0 Å². The van der Waals surface area contributed by atoms with Crippen LogP contribution in [0.3, 0.4) is 0 Å². The minimum absolute atomic E-state index is 0.451. The van der Waals surface area contributed by atoms with E-state index in [2.05, 4.69) is 26.1 Å². The second-order valence-corrected chi connectivity index (χ2v) is 5.22. The van der Waals surface area contributed by atoms with Crippen molar-refractivity contribution >= 4 is 22.6 Å². The van der Waals surface area contributed by atoms with Crippen molar-refractivity contribution in [2.45, 2.75) is 40.3 Å². The number of fused-ring (bicyclic) bond motifs is 1. The summed E-state index contributed by atoms with van der Waals surface area (Å²) in [4.78, 5) is 0. The maximum Gasteiger partial charge on any atom is 0.137 e. The van der Waals surface area contributed by atoms with Crippen LogP contribution < -0.4 is 5.32 Å². The first-order valence-electron chi connectivity index (χ1n) is 5.90. The van der Waals surface area contributed by atoms with Crippen LogP contribution in [0.2, 0.25) is 5.02 Å². The van der Waals surface area contributed by atoms with Crippen molar-refractivity contribution in [2.75, 3.05) is 0 Å². The Kier molecular flexibility index (Phi) is 3.45. The summed E-state index contributed by atoms with van der Waals surface area (Å²) < 4.78 is 5.91. The van der Waals surface area contributed by atoms with Gasteiger partial charge in [-0.05, 0) is 37.1 Å². The SMILES string of the molecule is Cc1c(CNC(C)C)oc2c(C)cc(Cl)cc12. The topological polar surface area (TPSA) is 25.2 Å². The van der Waals surface area contributed by atoms with Crippen LogP contribution in [-0.4, -0.2) is 6.04 Å². The Labute approximate surface area is 107 Å². The fourth-order valence-corrected chi connectivity index (χ4v) is 2.23. The van der Waals surface area contributed by atoms with Gasteiger partial charge in [-0.2, -0.15) is 0 Å². The Hall–Kier alpha value is -0.990. The molecule has 0 amide bonds. The van der Waals surface area contributed by atoms with Crippen molar-refractivity contribution in [1.29, 1.82) is 0 Å². The number of hydrogen-bond donors (Lipinski definition) is 1. The quantitative estimate of drug-likeness (QED) is 0.884. The van der Waals surface area contributed by atoms with E-state index in [0.717, 1.165) is 33.9 Å². The molecule has 0 saturated heterocycles. The van der Waals surface area contributed by atoms with Crippen LogP contribution in [0.1, 0.15) is 30.7 Å². The molecule has 92 valence electrons. The molecule has 3 heteroatoms. The predicted molar refractivity (Wildman–Crippen MR) is 72.7 cm³/mol. The van der Waals surface area contributed by atoms with Crippen molar-refractivity contribution < 1.29 is 4.42 Å². The van der Waals surface area contributed by atoms with Crippen LogP contribution in [0, 0.1) is 13.8 Å². The summed E-state index contributed by atoms with van der Waals surface area (Å²) in [6.07, 6.45) is 0. The first-order chi connectivity index (χ1) is 7.99. The van der Waals surface area contributed by atoms with Crippen molar-refractivity contribution in [2.24, 2.45) is 0 Å². The zero-order chi connectivity index (χ0) is 12.6. The Morgan fingerprint density at radius 3 is 2.65 bits per heavy atom. The number of nitrogens with one attached hydrogen (secondary N) is 1. The van der Waals surface area contributed by atoms with Gasteiger partial charge in [0.15, 0.2) is 0 Å². The summed E-state index contributed by atoms with van der Waals surface area (Å²) in [6.45, 7) is 9.12. The normalized spacial score (nSPS) is 11.6. The molecule has 0 spiro atoms. The van der Waals surface area contributed by atoms with E-state index in [1.165, 1.54) is 5.56 Å². The molecule has 1 N–H and O–H groups in total. The average Bonchev–Trinajstić information content (AvgIpc) is 2.54. The van der Waals surface area contributed by atoms with Crippen molar-refractivity contribution in [3.63, 3.8) is 0 Å². The Bertz CT molecular complexity index is 543. The molecular formula is C14H18ClNO. The van der Waals surface area contributed by atoms with Crippen molar-refractivity contribution in [1.82, 2.24) is 5.32 Å². The lowest BCUT2D eigenvalue weighted by Crippen LogP contribution is -2.21. The highest BCUT2D eigenvalue weighted by Gasteiger charge is 2.13. The lowest BCUT2D eigenvalue weighted by molar-refractivity contribution is 0.484. The number of hydrogen-bond acceptors (Lipinski definition) is 2. The van der Waals surface area contributed by atoms with Crippen LogP contribution in [0.15, 0.2) is 16.5 Å². The predicted octanol–water partition coefficient (Wildman–Crippen LogP) is 4.20. The summed E-state index contributed by atoms with van der Waals surface area (Å²) in [7, 11) is 0. The molecule has 0 aliphatic rings. The summed E-state index contributed by atoms with van der Waals surface area (Å²) in [5.41, 5.74) is 3.22. The van der Waals surface area contributed by atoms with Gasteiger partial charge in [-0.25, -0.2) is 0 Å². The molecule has 2 rings (SSSR count). The monoisotopic (exact) mass is 251 g/mol. The second kappa shape index (κ2) is 4.71. The maximum atomic E-state index is 6.08. The van der Waals surface area contributed by atoms with E-state index in [-0.39, 0.29) is 0 Å². The van der Waals surface area contributed by atoms with Crippen LogP contribution >= 0.6 is 11.6 Å². The van der Waals surface area contributed by atoms with Gasteiger partial charge in [0.1, 0.15) is 11.3 Å². The summed E-state index contributed by atoms with van der Waals surface area (Å²) >= 11 is 6.08. The van der Waals surface area contributed by atoms with Crippen molar-refractivity contribution in [3.05, 3.63) is 34.0 Å². The first-order valence-corrected chi connectivity index (χ1v) is 6.28. The van der Waals surface area contributed by atoms with Crippen molar-refractivity contribution in [3.8, 4) is 0 Å². The summed E-state index contributed by atoms with van der Waals surface area (Å²) in [6, 6.07) is 4.36. The van der Waals surface area contributed by atoms with Gasteiger partial charge in [0.25, 0.3) is 0 Å². The van der Waals surface area contributed by atoms with Crippen LogP contribution in [0.5, 0.6) is 0 Å². The standard InChI is InChI=1S/C14H18ClNO/c1-8(2)16-7-13-10(4)12-6-11(15)5-9(3)14(12)17-13/h5-6,8,16H,7H2,1-4H3. The number of furan rings is 1. The minimum Gasteiger partial charge on any atom is -0.459 e. The van der Waals surface area contributed by atoms with E-state index in [0.29, 0.717) is 6.04 Å². The number of aryl methyl sites for hydroxylation is 2. The highest BCUT2D eigenvalue weighted by atomic mass is 35.5. The average molecular weight is 252 g/mol. The molecule has 1 aromatic heterocycles. The molecular weight excluding hydrogens is 234 g/mol. The third kappa shape index (κ3) is 2.48. The largest absolute Gasteiger partial charge is 0.459 e. The second-order valence-electron chi connectivity index (χ2n) is 4.79. The highest BCUT2D eigenvalue weighted by molar-refractivity contribution is 6.31. The fraction of sp³-hybridized carbons (Fsp3) is 0.429. The molecule has 1 aromatic carbocycles. The van der Waals surface area contributed by atoms with Gasteiger partial charge in [-0.3, -0.25) is 0 Å². The van der Waals surface area contributed by atoms with Gasteiger partial charge in [-0.1, -0.05) is 25.4 Å². The van der Waals surface area contributed by atoms with E-state index in [1.54, 1.807) is 0 Å². The first kappa shape index (κ1) is 12.5. The zero-order valence-corrected chi connectivity index (χ0v) is 11.5. The molecule has 0 bridgehead atoms. The van der Waals surface area contributed by atoms with Gasteiger partial charge >= 0.3 is 0 Å². The number of halogens is 1. The molecule has 0 atom stereocenters. The lowest BCUT2D eigenvalue weighted by atomic mass is 10.1. The van der Waals surface area contributed by atoms with Gasteiger partial charge in [0.05, 0.1) is 6.54 Å². The van der Waals surface area contributed by atoms with Gasteiger partial charge < -0.3 is 9.73 Å². The summed E-state index contributed by atoms with van der Waals surface area (Å²) in [5.74, 6) is 0.999. The van der Waals surface area contributed by atoms with E-state index < -0.39 is 0 Å². The van der Waals surface area contributed by atoms with E-state index >= 15 is 0 Å². The third-order valence-corrected chi connectivity index (χ3v) is 3.18. The Morgan fingerprint density at radius 1 is 1.29 bits per heavy atom. The van der Waals surface area contributed by atoms with E-state index in [9.17, 15) is 0 Å². The fourth-order valence-electron chi connectivity index (χ4n) is 1.96. The number of rotatable bonds is 3. The molecule has 2 nitrogen and oxygen atoms in total. The Balaban J connectivity index is 2.45. The van der Waals surface area contributed by atoms with Crippen LogP contribution in [-0.2, 0) is 6.54 Å². The lowest BCUT2D eigenvalue weighted by Gasteiger charge is -2.05. The van der Waals surface area contributed by atoms with E-state index in [1.807, 2.05) is 19.1 Å². The van der Waals surface area contributed by atoms with Gasteiger partial charge in [0, 0.05) is 16.5 Å². The van der Waals surface area contributed by atoms with Crippen LogP contribution in [0.4, 0.5) is 0 Å². The number of benzene rings is 1. The summed E-state index contributed by atoms with van der Waals surface area (Å²) in [5, 5.41) is 5.26. The third-order valence-electron chi connectivity index (χ3n) is 2.96. The smallest absolute Gasteiger partial charge is 0.137 e. The molecule has 0 aliphatic carbocycles. The molecule has 0 unspecified atom stereocenters. The van der Waals surface area contributed by atoms with Gasteiger partial charge in [0.2, 0.25) is 0 Å². The molecule has 1 heterocycles. The molecule has 2 aromatic rings. The zero-order valence-electron chi connectivity index (χ0n) is 10.7. The molecule has 0 radical (unpaired) electrons. The van der Waals surface area contributed by atoms with Gasteiger partial charge in [-0.15, -0.1) is 0 Å². The molecule has 0 aliphatic heterocycles. The molecule has 0 fully saturated rings. The molecule has 17 heavy (non-hydrogen) atoms. The maximum absolute atomic E-state index is 6.08. The Morgan fingerprint density at radius 2 is 2.00 bits per heavy atom.